The molecule has 0 aliphatic heterocycles. The number of rotatable bonds is 11. The Balaban J connectivity index is 1.41. The lowest BCUT2D eigenvalue weighted by Gasteiger charge is -2.13. The van der Waals surface area contributed by atoms with Crippen LogP contribution in [0.25, 0.3) is 17.1 Å². The first-order chi connectivity index (χ1) is 16.7. The summed E-state index contributed by atoms with van der Waals surface area (Å²) in [7, 11) is 1.66. The third kappa shape index (κ3) is 5.79. The molecule has 34 heavy (non-hydrogen) atoms. The average molecular weight is 457 g/mol. The van der Waals surface area contributed by atoms with Gasteiger partial charge in [-0.25, -0.2) is 4.98 Å². The van der Waals surface area contributed by atoms with E-state index in [0.717, 1.165) is 47.6 Å². The smallest absolute Gasteiger partial charge is 0.161 e. The van der Waals surface area contributed by atoms with Crippen LogP contribution in [0.2, 0.25) is 0 Å². The summed E-state index contributed by atoms with van der Waals surface area (Å²) in [4.78, 5) is 4.84. The van der Waals surface area contributed by atoms with Crippen molar-refractivity contribution in [2.45, 2.75) is 39.8 Å². The van der Waals surface area contributed by atoms with Crippen molar-refractivity contribution >= 4 is 17.1 Å². The van der Waals surface area contributed by atoms with Crippen LogP contribution in [-0.2, 0) is 13.2 Å². The monoisotopic (exact) mass is 456 g/mol. The van der Waals surface area contributed by atoms with Gasteiger partial charge in [-0.2, -0.15) is 0 Å². The maximum atomic E-state index is 6.16. The molecule has 0 amide bonds. The van der Waals surface area contributed by atoms with E-state index in [2.05, 4.69) is 35.8 Å². The van der Waals surface area contributed by atoms with Crippen LogP contribution in [0.5, 0.6) is 17.2 Å². The fourth-order valence-electron chi connectivity index (χ4n) is 3.92. The lowest BCUT2D eigenvalue weighted by molar-refractivity contribution is 0.270. The maximum Gasteiger partial charge on any atom is 0.161 e. The number of para-hydroxylation sites is 2. The first-order valence-corrected chi connectivity index (χ1v) is 11.7. The molecule has 1 aromatic heterocycles. The van der Waals surface area contributed by atoms with Crippen molar-refractivity contribution in [3.63, 3.8) is 0 Å². The second-order valence-corrected chi connectivity index (χ2v) is 8.24. The lowest BCUT2D eigenvalue weighted by atomic mass is 10.2. The molecule has 1 heterocycles. The predicted octanol–water partition coefficient (Wildman–Crippen LogP) is 6.82. The van der Waals surface area contributed by atoms with Crippen molar-refractivity contribution in [3.05, 3.63) is 89.8 Å². The Labute approximate surface area is 201 Å². The first kappa shape index (κ1) is 23.4. The van der Waals surface area contributed by atoms with Crippen molar-refractivity contribution in [2.24, 2.45) is 0 Å². The topological polar surface area (TPSA) is 45.5 Å². The Kier molecular flexibility index (Phi) is 7.87. The number of hydrogen-bond donors (Lipinski definition) is 0. The fourth-order valence-corrected chi connectivity index (χ4v) is 3.92. The van der Waals surface area contributed by atoms with Crippen molar-refractivity contribution < 1.29 is 14.2 Å². The predicted molar refractivity (Wildman–Crippen MR) is 138 cm³/mol. The highest BCUT2D eigenvalue weighted by atomic mass is 16.5. The summed E-state index contributed by atoms with van der Waals surface area (Å²) in [6.45, 7) is 5.99. The molecule has 0 fully saturated rings. The van der Waals surface area contributed by atoms with Crippen LogP contribution in [0, 0.1) is 6.92 Å². The zero-order chi connectivity index (χ0) is 23.8. The van der Waals surface area contributed by atoms with Crippen LogP contribution < -0.4 is 14.2 Å². The van der Waals surface area contributed by atoms with Crippen molar-refractivity contribution in [3.8, 4) is 17.2 Å². The summed E-state index contributed by atoms with van der Waals surface area (Å²) < 4.78 is 19.8. The number of ether oxygens (including phenoxy) is 3. The van der Waals surface area contributed by atoms with Gasteiger partial charge in [0.15, 0.2) is 11.5 Å². The van der Waals surface area contributed by atoms with E-state index in [4.69, 9.17) is 19.2 Å². The Morgan fingerprint density at radius 1 is 0.912 bits per heavy atom. The zero-order valence-corrected chi connectivity index (χ0v) is 20.2. The van der Waals surface area contributed by atoms with Gasteiger partial charge in [0.05, 0.1) is 24.8 Å². The molecule has 0 N–H and O–H groups in total. The lowest BCUT2D eigenvalue weighted by Crippen LogP contribution is -2.09. The molecule has 0 bridgehead atoms. The molecule has 5 heteroatoms. The molecule has 0 saturated carbocycles. The summed E-state index contributed by atoms with van der Waals surface area (Å²) in [5.41, 5.74) is 4.41. The Morgan fingerprint density at radius 2 is 1.74 bits per heavy atom. The summed E-state index contributed by atoms with van der Waals surface area (Å²) in [6, 6.07) is 22.4. The fraction of sp³-hybridized carbons (Fsp3) is 0.276. The summed E-state index contributed by atoms with van der Waals surface area (Å²) in [6.07, 6.45) is 5.99. The minimum Gasteiger partial charge on any atom is -0.494 e. The van der Waals surface area contributed by atoms with Crippen molar-refractivity contribution in [1.29, 1.82) is 0 Å². The van der Waals surface area contributed by atoms with E-state index >= 15 is 0 Å². The van der Waals surface area contributed by atoms with Crippen LogP contribution >= 0.6 is 0 Å². The molecule has 0 radical (unpaired) electrons. The molecule has 4 rings (SSSR count). The van der Waals surface area contributed by atoms with E-state index in [1.165, 1.54) is 5.56 Å². The van der Waals surface area contributed by atoms with Gasteiger partial charge in [0, 0.05) is 6.54 Å². The molecule has 176 valence electrons. The van der Waals surface area contributed by atoms with Crippen LogP contribution in [0.15, 0.2) is 72.8 Å². The number of methoxy groups -OCH3 is 1. The van der Waals surface area contributed by atoms with Gasteiger partial charge in [-0.05, 0) is 68.7 Å². The quantitative estimate of drug-likeness (QED) is 0.232. The molecular weight excluding hydrogens is 424 g/mol. The highest BCUT2D eigenvalue weighted by Crippen LogP contribution is 2.29. The standard InChI is InChI=1S/C29H32N2O3/c1-4-9-23-14-17-27(28(20-23)32-3)34-21-29-30-25-10-5-6-11-26(25)31(29)18-7-8-19-33-24-15-12-22(2)13-16-24/h4-6,9-17,20H,7-8,18-19,21H2,1-3H3/b9-4-. The Bertz CT molecular complexity index is 1240. The largest absolute Gasteiger partial charge is 0.494 e. The zero-order valence-electron chi connectivity index (χ0n) is 20.2. The van der Waals surface area contributed by atoms with Gasteiger partial charge in [-0.3, -0.25) is 0 Å². The molecule has 4 aromatic rings. The van der Waals surface area contributed by atoms with Crippen LogP contribution in [0.3, 0.4) is 0 Å². The van der Waals surface area contributed by atoms with E-state index in [1.54, 1.807) is 7.11 Å². The van der Waals surface area contributed by atoms with E-state index < -0.39 is 0 Å². The van der Waals surface area contributed by atoms with Gasteiger partial charge in [-0.15, -0.1) is 0 Å². The number of nitrogens with zero attached hydrogens (tertiary/aromatic N) is 2. The van der Waals surface area contributed by atoms with E-state index in [0.29, 0.717) is 24.7 Å². The minimum absolute atomic E-state index is 0.369. The summed E-state index contributed by atoms with van der Waals surface area (Å²) >= 11 is 0. The number of hydrogen-bond acceptors (Lipinski definition) is 4. The molecule has 0 unspecified atom stereocenters. The molecule has 5 nitrogen and oxygen atoms in total. The Morgan fingerprint density at radius 3 is 2.53 bits per heavy atom. The number of aromatic nitrogens is 2. The number of unbranched alkanes of at least 4 members (excludes halogenated alkanes) is 1. The number of benzene rings is 3. The van der Waals surface area contributed by atoms with Crippen LogP contribution in [-0.4, -0.2) is 23.3 Å². The number of fused-ring (bicyclic) bond motifs is 1. The third-order valence-electron chi connectivity index (χ3n) is 5.70. The van der Waals surface area contributed by atoms with Gasteiger partial charge in [-0.1, -0.05) is 48.0 Å². The molecule has 0 aliphatic carbocycles. The molecule has 0 aliphatic rings. The van der Waals surface area contributed by atoms with E-state index in [-0.39, 0.29) is 0 Å². The van der Waals surface area contributed by atoms with E-state index in [9.17, 15) is 0 Å². The number of imidazole rings is 1. The molecule has 0 spiro atoms. The molecule has 0 atom stereocenters. The first-order valence-electron chi connectivity index (χ1n) is 11.7. The second kappa shape index (κ2) is 11.4. The third-order valence-corrected chi connectivity index (χ3v) is 5.70. The maximum absolute atomic E-state index is 6.16. The number of allylic oxidation sites excluding steroid dienone is 1. The highest BCUT2D eigenvalue weighted by molar-refractivity contribution is 5.75. The van der Waals surface area contributed by atoms with Gasteiger partial charge in [0.25, 0.3) is 0 Å². The molecule has 0 saturated heterocycles. The summed E-state index contributed by atoms with van der Waals surface area (Å²) in [5.74, 6) is 3.25. The Hall–Kier alpha value is -3.73. The van der Waals surface area contributed by atoms with Crippen LogP contribution in [0.4, 0.5) is 0 Å². The molecular formula is C29H32N2O3. The van der Waals surface area contributed by atoms with Crippen LogP contribution in [0.1, 0.15) is 36.7 Å². The minimum atomic E-state index is 0.369. The number of aryl methyl sites for hydroxylation is 2. The normalized spacial score (nSPS) is 11.3. The summed E-state index contributed by atoms with van der Waals surface area (Å²) in [5, 5.41) is 0. The highest BCUT2D eigenvalue weighted by Gasteiger charge is 2.13. The van der Waals surface area contributed by atoms with E-state index in [1.807, 2.05) is 61.5 Å². The van der Waals surface area contributed by atoms with Gasteiger partial charge in [0.2, 0.25) is 0 Å². The van der Waals surface area contributed by atoms with Gasteiger partial charge >= 0.3 is 0 Å². The van der Waals surface area contributed by atoms with Crippen molar-refractivity contribution in [2.75, 3.05) is 13.7 Å². The SMILES string of the molecule is C/C=C\c1ccc(OCc2nc3ccccc3n2CCCCOc2ccc(C)cc2)c(OC)c1. The average Bonchev–Trinajstić information content (AvgIpc) is 3.21. The molecule has 3 aromatic carbocycles. The second-order valence-electron chi connectivity index (χ2n) is 8.24. The van der Waals surface area contributed by atoms with Crippen molar-refractivity contribution in [1.82, 2.24) is 9.55 Å². The van der Waals surface area contributed by atoms with Gasteiger partial charge in [0.1, 0.15) is 18.2 Å². The van der Waals surface area contributed by atoms with Gasteiger partial charge < -0.3 is 18.8 Å².